The molecule has 2 fully saturated rings. The number of carbonyl (C=O) groups excluding carboxylic acids is 4. The number of hydrogen-bond donors (Lipinski definition) is 1. The molecule has 1 aromatic carbocycles. The Bertz CT molecular complexity index is 765. The summed E-state index contributed by atoms with van der Waals surface area (Å²) in [5.41, 5.74) is 1.79. The van der Waals surface area contributed by atoms with Crippen LogP contribution in [0.3, 0.4) is 0 Å². The van der Waals surface area contributed by atoms with E-state index in [4.69, 9.17) is 4.74 Å². The molecule has 1 heterocycles. The highest BCUT2D eigenvalue weighted by Gasteiger charge is 2.47. The number of ether oxygens (including phenoxy) is 1. The number of benzene rings is 1. The van der Waals surface area contributed by atoms with E-state index < -0.39 is 18.0 Å². The molecule has 3 rings (SSSR count). The van der Waals surface area contributed by atoms with Crippen molar-refractivity contribution >= 4 is 29.4 Å². The molecule has 1 saturated carbocycles. The minimum absolute atomic E-state index is 0.0102. The zero-order chi connectivity index (χ0) is 21.0. The van der Waals surface area contributed by atoms with Crippen molar-refractivity contribution in [3.8, 4) is 0 Å². The number of carbonyl (C=O) groups is 4. The van der Waals surface area contributed by atoms with Gasteiger partial charge in [-0.1, -0.05) is 31.9 Å². The molecule has 0 aromatic heterocycles. The summed E-state index contributed by atoms with van der Waals surface area (Å²) in [7, 11) is 0. The highest BCUT2D eigenvalue weighted by atomic mass is 16.5. The summed E-state index contributed by atoms with van der Waals surface area (Å²) >= 11 is 0. The predicted octanol–water partition coefficient (Wildman–Crippen LogP) is 2.68. The first-order valence-electron chi connectivity index (χ1n) is 10.3. The van der Waals surface area contributed by atoms with Gasteiger partial charge in [0.2, 0.25) is 11.8 Å². The standard InChI is InChI=1S/C22H28N2O5/c1-3-15-8-10-16(11-9-15)23-20(26)14(2)29-19(25)12-13-24-21(27)17-6-4-5-7-18(17)22(24)28/h8-11,14,17-18H,3-7,12-13H2,1-2H3,(H,23,26)/t14-,17-,18+/m1/s1. The maximum atomic E-state index is 12.4. The highest BCUT2D eigenvalue weighted by Crippen LogP contribution is 2.37. The molecule has 1 N–H and O–H groups in total. The molecule has 29 heavy (non-hydrogen) atoms. The molecular weight excluding hydrogens is 372 g/mol. The van der Waals surface area contributed by atoms with Crippen molar-refractivity contribution in [1.29, 1.82) is 0 Å². The number of esters is 1. The number of hydrogen-bond acceptors (Lipinski definition) is 5. The largest absolute Gasteiger partial charge is 0.452 e. The quantitative estimate of drug-likeness (QED) is 0.561. The normalized spacial score (nSPS) is 22.2. The van der Waals surface area contributed by atoms with Gasteiger partial charge in [0.15, 0.2) is 6.10 Å². The van der Waals surface area contributed by atoms with Gasteiger partial charge in [-0.25, -0.2) is 0 Å². The second-order valence-corrected chi connectivity index (χ2v) is 7.75. The monoisotopic (exact) mass is 400 g/mol. The highest BCUT2D eigenvalue weighted by molar-refractivity contribution is 6.05. The molecule has 1 aliphatic heterocycles. The number of likely N-dealkylation sites (tertiary alicyclic amines) is 1. The molecule has 1 saturated heterocycles. The smallest absolute Gasteiger partial charge is 0.308 e. The molecule has 0 spiro atoms. The minimum atomic E-state index is -0.971. The fourth-order valence-corrected chi connectivity index (χ4v) is 4.03. The number of amides is 3. The molecule has 3 amide bonds. The zero-order valence-corrected chi connectivity index (χ0v) is 17.0. The summed E-state index contributed by atoms with van der Waals surface area (Å²) in [6, 6.07) is 7.45. The van der Waals surface area contributed by atoms with Crippen molar-refractivity contribution in [1.82, 2.24) is 4.90 Å². The van der Waals surface area contributed by atoms with Gasteiger partial charge in [-0.2, -0.15) is 0 Å². The first-order valence-corrected chi connectivity index (χ1v) is 10.3. The zero-order valence-electron chi connectivity index (χ0n) is 17.0. The lowest BCUT2D eigenvalue weighted by atomic mass is 9.81. The van der Waals surface area contributed by atoms with Gasteiger partial charge in [0.05, 0.1) is 18.3 Å². The van der Waals surface area contributed by atoms with Gasteiger partial charge < -0.3 is 10.1 Å². The lowest BCUT2D eigenvalue weighted by Gasteiger charge is -2.19. The van der Waals surface area contributed by atoms with Crippen LogP contribution < -0.4 is 5.32 Å². The van der Waals surface area contributed by atoms with E-state index in [9.17, 15) is 19.2 Å². The van der Waals surface area contributed by atoms with Crippen molar-refractivity contribution in [2.45, 2.75) is 58.5 Å². The van der Waals surface area contributed by atoms with Crippen molar-refractivity contribution in [2.24, 2.45) is 11.8 Å². The average molecular weight is 400 g/mol. The van der Waals surface area contributed by atoms with Gasteiger partial charge in [0, 0.05) is 12.2 Å². The van der Waals surface area contributed by atoms with Crippen LogP contribution in [-0.4, -0.2) is 41.2 Å². The lowest BCUT2D eigenvalue weighted by molar-refractivity contribution is -0.154. The van der Waals surface area contributed by atoms with Crippen LogP contribution in [0.15, 0.2) is 24.3 Å². The van der Waals surface area contributed by atoms with Crippen molar-refractivity contribution in [3.05, 3.63) is 29.8 Å². The van der Waals surface area contributed by atoms with E-state index in [0.29, 0.717) is 5.69 Å². The summed E-state index contributed by atoms with van der Waals surface area (Å²) in [5, 5.41) is 2.71. The van der Waals surface area contributed by atoms with Gasteiger partial charge in [0.25, 0.3) is 5.91 Å². The Balaban J connectivity index is 1.46. The van der Waals surface area contributed by atoms with Gasteiger partial charge in [-0.3, -0.25) is 24.1 Å². The van der Waals surface area contributed by atoms with E-state index >= 15 is 0 Å². The SMILES string of the molecule is CCc1ccc(NC(=O)[C@@H](C)OC(=O)CCN2C(=O)[C@H]3CCCC[C@H]3C2=O)cc1. The van der Waals surface area contributed by atoms with Crippen molar-refractivity contribution < 1.29 is 23.9 Å². The number of nitrogens with one attached hydrogen (secondary N) is 1. The Morgan fingerprint density at radius 2 is 1.69 bits per heavy atom. The van der Waals surface area contributed by atoms with E-state index in [2.05, 4.69) is 5.32 Å². The first kappa shape index (κ1) is 21.0. The van der Waals surface area contributed by atoms with Crippen LogP contribution in [0.2, 0.25) is 0 Å². The molecule has 1 aliphatic carbocycles. The maximum Gasteiger partial charge on any atom is 0.308 e. The Morgan fingerprint density at radius 1 is 1.10 bits per heavy atom. The summed E-state index contributed by atoms with van der Waals surface area (Å²) in [6.45, 7) is 3.55. The minimum Gasteiger partial charge on any atom is -0.452 e. The van der Waals surface area contributed by atoms with Crippen molar-refractivity contribution in [2.75, 3.05) is 11.9 Å². The van der Waals surface area contributed by atoms with Crippen LogP contribution in [0.5, 0.6) is 0 Å². The summed E-state index contributed by atoms with van der Waals surface area (Å²) in [5.74, 6) is -1.83. The Kier molecular flexibility index (Phi) is 6.67. The number of imide groups is 1. The molecule has 156 valence electrons. The van der Waals surface area contributed by atoms with Gasteiger partial charge in [-0.05, 0) is 43.9 Å². The summed E-state index contributed by atoms with van der Waals surface area (Å²) in [4.78, 5) is 50.4. The third kappa shape index (κ3) is 4.83. The van der Waals surface area contributed by atoms with Crippen LogP contribution >= 0.6 is 0 Å². The van der Waals surface area contributed by atoms with Gasteiger partial charge in [0.1, 0.15) is 0 Å². The molecule has 2 aliphatic rings. The fraction of sp³-hybridized carbons (Fsp3) is 0.545. The second-order valence-electron chi connectivity index (χ2n) is 7.75. The van der Waals surface area contributed by atoms with Crippen LogP contribution in [0, 0.1) is 11.8 Å². The third-order valence-corrected chi connectivity index (χ3v) is 5.78. The number of fused-ring (bicyclic) bond motifs is 1. The third-order valence-electron chi connectivity index (χ3n) is 5.78. The number of rotatable bonds is 7. The van der Waals surface area contributed by atoms with E-state index in [1.165, 1.54) is 11.8 Å². The molecule has 0 bridgehead atoms. The second kappa shape index (κ2) is 9.20. The van der Waals surface area contributed by atoms with E-state index in [1.54, 1.807) is 12.1 Å². The van der Waals surface area contributed by atoms with E-state index in [1.807, 2.05) is 19.1 Å². The van der Waals surface area contributed by atoms with Crippen LogP contribution in [0.4, 0.5) is 5.69 Å². The van der Waals surface area contributed by atoms with Crippen LogP contribution in [0.1, 0.15) is 51.5 Å². The summed E-state index contributed by atoms with van der Waals surface area (Å²) < 4.78 is 5.18. The molecular formula is C22H28N2O5. The summed E-state index contributed by atoms with van der Waals surface area (Å²) in [6.07, 6.45) is 3.24. The van der Waals surface area contributed by atoms with Gasteiger partial charge >= 0.3 is 5.97 Å². The Morgan fingerprint density at radius 3 is 2.24 bits per heavy atom. The van der Waals surface area contributed by atoms with Crippen LogP contribution in [-0.2, 0) is 30.3 Å². The Hall–Kier alpha value is -2.70. The Labute approximate surface area is 170 Å². The lowest BCUT2D eigenvalue weighted by Crippen LogP contribution is -2.35. The maximum absolute atomic E-state index is 12.4. The number of nitrogens with zero attached hydrogens (tertiary/aromatic N) is 1. The molecule has 3 atom stereocenters. The van der Waals surface area contributed by atoms with E-state index in [0.717, 1.165) is 37.7 Å². The molecule has 0 unspecified atom stereocenters. The van der Waals surface area contributed by atoms with E-state index in [-0.39, 0.29) is 36.6 Å². The van der Waals surface area contributed by atoms with Crippen LogP contribution in [0.25, 0.3) is 0 Å². The number of aryl methyl sites for hydroxylation is 1. The average Bonchev–Trinajstić information content (AvgIpc) is 2.97. The first-order chi connectivity index (χ1) is 13.9. The predicted molar refractivity (Wildman–Crippen MR) is 107 cm³/mol. The van der Waals surface area contributed by atoms with Gasteiger partial charge in [-0.15, -0.1) is 0 Å². The molecule has 0 radical (unpaired) electrons. The molecule has 7 heteroatoms. The van der Waals surface area contributed by atoms with Crippen molar-refractivity contribution in [3.63, 3.8) is 0 Å². The number of anilines is 1. The molecule has 7 nitrogen and oxygen atoms in total. The fourth-order valence-electron chi connectivity index (χ4n) is 4.03. The topological polar surface area (TPSA) is 92.8 Å². The molecule has 1 aromatic rings.